The maximum absolute atomic E-state index is 13.5. The zero-order valence-electron chi connectivity index (χ0n) is 18.7. The Morgan fingerprint density at radius 2 is 1.43 bits per heavy atom. The highest BCUT2D eigenvalue weighted by molar-refractivity contribution is 7.87. The number of rotatable bonds is 6. The lowest BCUT2D eigenvalue weighted by atomic mass is 10.1. The molecule has 10 nitrogen and oxygen atoms in total. The molecule has 1 heterocycles. The summed E-state index contributed by atoms with van der Waals surface area (Å²) in [6.07, 6.45) is 0. The number of hydrogen-bond acceptors (Lipinski definition) is 10. The minimum absolute atomic E-state index is 0.216. The average Bonchev–Trinajstić information content (AvgIpc) is 2.84. The quantitative estimate of drug-likeness (QED) is 0.264. The molecule has 0 atom stereocenters. The van der Waals surface area contributed by atoms with E-state index in [-0.39, 0.29) is 16.2 Å². The summed E-state index contributed by atoms with van der Waals surface area (Å²) in [7, 11) is -1.92. The van der Waals surface area contributed by atoms with Crippen LogP contribution in [-0.4, -0.2) is 38.0 Å². The Hall–Kier alpha value is -4.38. The third kappa shape index (κ3) is 4.06. The van der Waals surface area contributed by atoms with E-state index in [0.717, 1.165) is 12.7 Å². The van der Waals surface area contributed by atoms with E-state index in [1.165, 1.54) is 31.4 Å². The number of aryl methyl sites for hydroxylation is 1. The molecule has 0 spiro atoms. The molecule has 0 fully saturated rings. The zero-order chi connectivity index (χ0) is 25.5. The van der Waals surface area contributed by atoms with Gasteiger partial charge in [0.15, 0.2) is 17.1 Å². The third-order valence-corrected chi connectivity index (χ3v) is 6.47. The van der Waals surface area contributed by atoms with Gasteiger partial charge in [-0.05, 0) is 43.3 Å². The molecule has 0 unspecified atom stereocenters. The molecule has 4 aromatic rings. The summed E-state index contributed by atoms with van der Waals surface area (Å²) in [4.78, 5) is 13.3. The zero-order valence-corrected chi connectivity index (χ0v) is 19.5. The molecule has 0 bridgehead atoms. The van der Waals surface area contributed by atoms with Gasteiger partial charge in [-0.1, -0.05) is 17.7 Å². The molecular weight excluding hydrogens is 480 g/mol. The molecule has 3 aromatic carbocycles. The van der Waals surface area contributed by atoms with Gasteiger partial charge in [0, 0.05) is 5.56 Å². The van der Waals surface area contributed by atoms with Gasteiger partial charge in [0.1, 0.15) is 16.0 Å². The molecular formula is C24H20O10S. The third-order valence-electron chi connectivity index (χ3n) is 5.24. The van der Waals surface area contributed by atoms with Crippen LogP contribution < -0.4 is 19.1 Å². The van der Waals surface area contributed by atoms with Crippen molar-refractivity contribution in [1.82, 2.24) is 0 Å². The Bertz CT molecular complexity index is 1590. The van der Waals surface area contributed by atoms with Gasteiger partial charge >= 0.3 is 10.1 Å². The van der Waals surface area contributed by atoms with E-state index in [0.29, 0.717) is 5.75 Å². The maximum Gasteiger partial charge on any atom is 0.339 e. The summed E-state index contributed by atoms with van der Waals surface area (Å²) in [5.41, 5.74) is -0.538. The van der Waals surface area contributed by atoms with Crippen molar-refractivity contribution in [2.45, 2.75) is 11.8 Å². The van der Waals surface area contributed by atoms with Gasteiger partial charge in [0.2, 0.25) is 28.4 Å². The Morgan fingerprint density at radius 3 is 2.00 bits per heavy atom. The lowest BCUT2D eigenvalue weighted by molar-refractivity contribution is 0.335. The number of fused-ring (bicyclic) bond motifs is 1. The molecule has 0 aliphatic heterocycles. The number of phenols is 3. The van der Waals surface area contributed by atoms with E-state index in [2.05, 4.69) is 0 Å². The predicted octanol–water partition coefficient (Wildman–Crippen LogP) is 3.67. The molecule has 0 amide bonds. The van der Waals surface area contributed by atoms with Gasteiger partial charge in [-0.25, -0.2) is 0 Å². The van der Waals surface area contributed by atoms with E-state index in [1.807, 2.05) is 0 Å². The second kappa shape index (κ2) is 8.76. The number of ether oxygens (including phenoxy) is 2. The molecule has 1 aromatic heterocycles. The summed E-state index contributed by atoms with van der Waals surface area (Å²) >= 11 is 0. The number of benzene rings is 3. The van der Waals surface area contributed by atoms with Crippen molar-refractivity contribution in [3.05, 3.63) is 64.3 Å². The number of hydrogen-bond donors (Lipinski definition) is 3. The summed E-state index contributed by atoms with van der Waals surface area (Å²) < 4.78 is 47.3. The minimum atomic E-state index is -4.52. The van der Waals surface area contributed by atoms with E-state index in [4.69, 9.17) is 18.1 Å². The van der Waals surface area contributed by atoms with E-state index in [1.54, 1.807) is 31.2 Å². The van der Waals surface area contributed by atoms with Gasteiger partial charge in [-0.3, -0.25) is 4.79 Å². The fourth-order valence-corrected chi connectivity index (χ4v) is 4.34. The molecule has 3 N–H and O–H groups in total. The lowest BCUT2D eigenvalue weighted by Crippen LogP contribution is -2.17. The van der Waals surface area contributed by atoms with Crippen molar-refractivity contribution in [2.24, 2.45) is 0 Å². The molecule has 35 heavy (non-hydrogen) atoms. The maximum atomic E-state index is 13.5. The van der Waals surface area contributed by atoms with Crippen molar-refractivity contribution < 1.29 is 41.8 Å². The van der Waals surface area contributed by atoms with E-state index < -0.39 is 55.3 Å². The fraction of sp³-hybridized carbons (Fsp3) is 0.125. The molecule has 0 aliphatic rings. The van der Waals surface area contributed by atoms with Crippen LogP contribution in [0.2, 0.25) is 0 Å². The van der Waals surface area contributed by atoms with Crippen LogP contribution >= 0.6 is 0 Å². The highest BCUT2D eigenvalue weighted by Crippen LogP contribution is 2.50. The largest absolute Gasteiger partial charge is 0.504 e. The Kier molecular flexibility index (Phi) is 5.95. The smallest absolute Gasteiger partial charge is 0.339 e. The van der Waals surface area contributed by atoms with Crippen LogP contribution in [0.5, 0.6) is 34.5 Å². The molecule has 11 heteroatoms. The second-order valence-electron chi connectivity index (χ2n) is 7.45. The Balaban J connectivity index is 2.06. The standard InChI is InChI=1S/C24H20O10S/c1-12-4-10-15(11-5-12)35(29,30)34-24-18(26)16-17(25)19(27)20(28)23(32-3)22(16)33-21(24)13-6-8-14(31-2)9-7-13/h4-11,25,27-28H,1-3H3. The minimum Gasteiger partial charge on any atom is -0.504 e. The first kappa shape index (κ1) is 23.8. The summed E-state index contributed by atoms with van der Waals surface area (Å²) in [5.74, 6) is -4.03. The van der Waals surface area contributed by atoms with Gasteiger partial charge < -0.3 is 33.4 Å². The van der Waals surface area contributed by atoms with Crippen LogP contribution in [0.15, 0.2) is 62.6 Å². The van der Waals surface area contributed by atoms with Crippen molar-refractivity contribution in [3.63, 3.8) is 0 Å². The van der Waals surface area contributed by atoms with E-state index >= 15 is 0 Å². The van der Waals surface area contributed by atoms with Crippen LogP contribution in [0, 0.1) is 6.92 Å². The first-order valence-electron chi connectivity index (χ1n) is 10.1. The topological polar surface area (TPSA) is 153 Å². The molecule has 0 radical (unpaired) electrons. The summed E-state index contributed by atoms with van der Waals surface area (Å²) in [5, 5.41) is 30.0. The predicted molar refractivity (Wildman–Crippen MR) is 125 cm³/mol. The second-order valence-corrected chi connectivity index (χ2v) is 9.00. The Morgan fingerprint density at radius 1 is 0.800 bits per heavy atom. The highest BCUT2D eigenvalue weighted by Gasteiger charge is 2.30. The van der Waals surface area contributed by atoms with Gasteiger partial charge in [0.05, 0.1) is 14.2 Å². The molecule has 0 saturated heterocycles. The first-order valence-corrected chi connectivity index (χ1v) is 11.5. The normalized spacial score (nSPS) is 11.4. The van der Waals surface area contributed by atoms with Crippen LogP contribution in [0.3, 0.4) is 0 Å². The average molecular weight is 500 g/mol. The highest BCUT2D eigenvalue weighted by atomic mass is 32.2. The monoisotopic (exact) mass is 500 g/mol. The van der Waals surface area contributed by atoms with Crippen LogP contribution in [0.1, 0.15) is 5.56 Å². The van der Waals surface area contributed by atoms with Crippen molar-refractivity contribution in [3.8, 4) is 45.8 Å². The van der Waals surface area contributed by atoms with Crippen molar-refractivity contribution in [1.29, 1.82) is 0 Å². The van der Waals surface area contributed by atoms with Crippen LogP contribution in [-0.2, 0) is 10.1 Å². The number of aromatic hydroxyl groups is 3. The molecule has 182 valence electrons. The lowest BCUT2D eigenvalue weighted by Gasteiger charge is -2.15. The molecule has 0 aliphatic carbocycles. The SMILES string of the molecule is COc1ccc(-c2oc3c(OC)c(O)c(O)c(O)c3c(=O)c2OS(=O)(=O)c2ccc(C)cc2)cc1. The van der Waals surface area contributed by atoms with Crippen LogP contribution in [0.25, 0.3) is 22.3 Å². The first-order chi connectivity index (χ1) is 16.6. The van der Waals surface area contributed by atoms with Gasteiger partial charge in [-0.2, -0.15) is 8.42 Å². The number of methoxy groups -OCH3 is 2. The van der Waals surface area contributed by atoms with Crippen LogP contribution in [0.4, 0.5) is 0 Å². The fourth-order valence-electron chi connectivity index (χ4n) is 3.40. The van der Waals surface area contributed by atoms with Gasteiger partial charge in [-0.15, -0.1) is 0 Å². The van der Waals surface area contributed by atoms with Gasteiger partial charge in [0.25, 0.3) is 0 Å². The number of phenolic OH excluding ortho intramolecular Hbond substituents is 3. The van der Waals surface area contributed by atoms with E-state index in [9.17, 15) is 28.5 Å². The van der Waals surface area contributed by atoms with Crippen molar-refractivity contribution >= 4 is 21.1 Å². The summed E-state index contributed by atoms with van der Waals surface area (Å²) in [6.45, 7) is 1.77. The van der Waals surface area contributed by atoms with Crippen molar-refractivity contribution in [2.75, 3.05) is 14.2 Å². The Labute approximate surface area is 199 Å². The molecule has 4 rings (SSSR count). The molecule has 0 saturated carbocycles. The summed E-state index contributed by atoms with van der Waals surface area (Å²) in [6, 6.07) is 11.8.